The van der Waals surface area contributed by atoms with Crippen LogP contribution in [0.5, 0.6) is 0 Å². The van der Waals surface area contributed by atoms with Crippen molar-refractivity contribution in [2.24, 2.45) is 0 Å². The highest BCUT2D eigenvalue weighted by molar-refractivity contribution is 8.23. The highest BCUT2D eigenvalue weighted by Crippen LogP contribution is 2.26. The average Bonchev–Trinajstić information content (AvgIpc) is 2.39. The molecule has 0 bridgehead atoms. The Bertz CT molecular complexity index is 489. The van der Waals surface area contributed by atoms with E-state index >= 15 is 0 Å². The Morgan fingerprint density at radius 2 is 1.56 bits per heavy atom. The zero-order valence-electron chi connectivity index (χ0n) is 9.01. The number of rotatable bonds is 2. The van der Waals surface area contributed by atoms with Gasteiger partial charge in [0.15, 0.2) is 0 Å². The Morgan fingerprint density at radius 1 is 0.938 bits per heavy atom. The van der Waals surface area contributed by atoms with Crippen molar-refractivity contribution in [2.45, 2.75) is 0 Å². The predicted molar refractivity (Wildman–Crippen MR) is 77.1 cm³/mol. The van der Waals surface area contributed by atoms with Gasteiger partial charge in [-0.25, -0.2) is 0 Å². The summed E-state index contributed by atoms with van der Waals surface area (Å²) in [5, 5.41) is 0. The van der Waals surface area contributed by atoms with Gasteiger partial charge in [0.2, 0.25) is 0 Å². The Kier molecular flexibility index (Phi) is 3.75. The fourth-order valence-corrected chi connectivity index (χ4v) is 2.22. The van der Waals surface area contributed by atoms with Crippen LogP contribution in [-0.2, 0) is 0 Å². The molecule has 0 fully saturated rings. The maximum atomic E-state index is 5.37. The SMILES string of the molecule is CSC(=S)c1ccccc1-c1ccccc1. The van der Waals surface area contributed by atoms with Gasteiger partial charge in [0.05, 0.1) is 4.20 Å². The van der Waals surface area contributed by atoms with Crippen LogP contribution in [0.25, 0.3) is 11.1 Å². The normalized spacial score (nSPS) is 10.1. The topological polar surface area (TPSA) is 0 Å². The first-order valence-electron chi connectivity index (χ1n) is 5.05. The maximum Gasteiger partial charge on any atom is 0.0781 e. The summed E-state index contributed by atoms with van der Waals surface area (Å²) in [5.41, 5.74) is 3.58. The van der Waals surface area contributed by atoms with E-state index in [1.165, 1.54) is 11.1 Å². The molecule has 0 amide bonds. The van der Waals surface area contributed by atoms with Gasteiger partial charge in [-0.2, -0.15) is 0 Å². The second-order valence-electron chi connectivity index (χ2n) is 3.40. The summed E-state index contributed by atoms with van der Waals surface area (Å²) in [6.45, 7) is 0. The third kappa shape index (κ3) is 2.34. The van der Waals surface area contributed by atoms with Gasteiger partial charge in [-0.05, 0) is 17.4 Å². The van der Waals surface area contributed by atoms with E-state index in [0.29, 0.717) is 0 Å². The van der Waals surface area contributed by atoms with Crippen molar-refractivity contribution in [2.75, 3.05) is 6.26 Å². The molecule has 0 aliphatic rings. The van der Waals surface area contributed by atoms with E-state index in [9.17, 15) is 0 Å². The summed E-state index contributed by atoms with van der Waals surface area (Å²) in [7, 11) is 0. The first-order chi connectivity index (χ1) is 7.83. The van der Waals surface area contributed by atoms with Crippen LogP contribution in [0.1, 0.15) is 5.56 Å². The van der Waals surface area contributed by atoms with Gasteiger partial charge in [-0.15, -0.1) is 11.8 Å². The van der Waals surface area contributed by atoms with E-state index in [1.54, 1.807) is 11.8 Å². The van der Waals surface area contributed by atoms with Gasteiger partial charge >= 0.3 is 0 Å². The van der Waals surface area contributed by atoms with Gasteiger partial charge in [0.1, 0.15) is 0 Å². The highest BCUT2D eigenvalue weighted by Gasteiger charge is 2.07. The van der Waals surface area contributed by atoms with Crippen molar-refractivity contribution in [1.29, 1.82) is 0 Å². The van der Waals surface area contributed by atoms with Crippen molar-refractivity contribution in [1.82, 2.24) is 0 Å². The number of thioether (sulfide) groups is 1. The molecule has 0 atom stereocenters. The molecule has 2 heteroatoms. The molecular weight excluding hydrogens is 232 g/mol. The zero-order chi connectivity index (χ0) is 11.4. The molecule has 0 heterocycles. The number of hydrogen-bond acceptors (Lipinski definition) is 2. The number of thiocarbonyl (C=S) groups is 1. The first kappa shape index (κ1) is 11.4. The van der Waals surface area contributed by atoms with Crippen LogP contribution in [0.15, 0.2) is 54.6 Å². The molecule has 16 heavy (non-hydrogen) atoms. The van der Waals surface area contributed by atoms with Gasteiger partial charge in [0, 0.05) is 5.56 Å². The van der Waals surface area contributed by atoms with Crippen molar-refractivity contribution >= 4 is 28.2 Å². The lowest BCUT2D eigenvalue weighted by atomic mass is 10.0. The lowest BCUT2D eigenvalue weighted by Crippen LogP contribution is -1.94. The molecule has 2 aromatic rings. The minimum atomic E-state index is 0.944. The molecule has 0 saturated heterocycles. The van der Waals surface area contributed by atoms with Gasteiger partial charge < -0.3 is 0 Å². The molecule has 0 aliphatic carbocycles. The molecule has 2 aromatic carbocycles. The minimum absolute atomic E-state index is 0.944. The summed E-state index contributed by atoms with van der Waals surface area (Å²) in [5.74, 6) is 0. The van der Waals surface area contributed by atoms with E-state index in [4.69, 9.17) is 12.2 Å². The molecular formula is C14H12S2. The number of benzene rings is 2. The molecule has 0 spiro atoms. The Morgan fingerprint density at radius 3 is 2.25 bits per heavy atom. The van der Waals surface area contributed by atoms with Gasteiger partial charge in [-0.1, -0.05) is 66.8 Å². The summed E-state index contributed by atoms with van der Waals surface area (Å²) < 4.78 is 0.944. The van der Waals surface area contributed by atoms with E-state index < -0.39 is 0 Å². The standard InChI is InChI=1S/C14H12S2/c1-16-14(15)13-10-6-5-9-12(13)11-7-3-2-4-8-11/h2-10H,1H3. The van der Waals surface area contributed by atoms with Gasteiger partial charge in [-0.3, -0.25) is 0 Å². The third-order valence-corrected chi connectivity index (χ3v) is 3.73. The average molecular weight is 244 g/mol. The van der Waals surface area contributed by atoms with Crippen LogP contribution in [0.4, 0.5) is 0 Å². The van der Waals surface area contributed by atoms with E-state index in [2.05, 4.69) is 30.3 Å². The van der Waals surface area contributed by atoms with Crippen LogP contribution in [0.2, 0.25) is 0 Å². The summed E-state index contributed by atoms with van der Waals surface area (Å²) >= 11 is 6.99. The number of hydrogen-bond donors (Lipinski definition) is 0. The largest absolute Gasteiger partial charge is 0.117 e. The zero-order valence-corrected chi connectivity index (χ0v) is 10.6. The smallest absolute Gasteiger partial charge is 0.0781 e. The van der Waals surface area contributed by atoms with E-state index in [1.807, 2.05) is 30.5 Å². The van der Waals surface area contributed by atoms with Crippen LogP contribution in [-0.4, -0.2) is 10.5 Å². The minimum Gasteiger partial charge on any atom is -0.117 e. The Hall–Kier alpha value is -1.12. The molecule has 0 aromatic heterocycles. The summed E-state index contributed by atoms with van der Waals surface area (Å²) in [6, 6.07) is 18.6. The quantitative estimate of drug-likeness (QED) is 0.718. The van der Waals surface area contributed by atoms with Crippen LogP contribution >= 0.6 is 24.0 Å². The third-order valence-electron chi connectivity index (χ3n) is 2.42. The van der Waals surface area contributed by atoms with E-state index in [-0.39, 0.29) is 0 Å². The van der Waals surface area contributed by atoms with Crippen molar-refractivity contribution in [3.05, 3.63) is 60.2 Å². The maximum absolute atomic E-state index is 5.37. The summed E-state index contributed by atoms with van der Waals surface area (Å²) in [6.07, 6.45) is 2.02. The van der Waals surface area contributed by atoms with Crippen molar-refractivity contribution in [3.63, 3.8) is 0 Å². The monoisotopic (exact) mass is 244 g/mol. The molecule has 0 unspecified atom stereocenters. The second-order valence-corrected chi connectivity index (χ2v) is 4.89. The van der Waals surface area contributed by atoms with Crippen LogP contribution < -0.4 is 0 Å². The van der Waals surface area contributed by atoms with Crippen molar-refractivity contribution < 1.29 is 0 Å². The second kappa shape index (κ2) is 5.28. The molecule has 0 radical (unpaired) electrons. The molecule has 80 valence electrons. The first-order valence-corrected chi connectivity index (χ1v) is 6.69. The predicted octanol–water partition coefficient (Wildman–Crippen LogP) is 4.39. The molecule has 0 N–H and O–H groups in total. The fraction of sp³-hybridized carbons (Fsp3) is 0.0714. The molecule has 0 saturated carbocycles. The van der Waals surface area contributed by atoms with E-state index in [0.717, 1.165) is 9.76 Å². The molecule has 2 rings (SSSR count). The lowest BCUT2D eigenvalue weighted by molar-refractivity contribution is 1.60. The summed E-state index contributed by atoms with van der Waals surface area (Å²) in [4.78, 5) is 0. The fourth-order valence-electron chi connectivity index (χ4n) is 1.64. The lowest BCUT2D eigenvalue weighted by Gasteiger charge is -2.08. The van der Waals surface area contributed by atoms with Crippen LogP contribution in [0, 0.1) is 0 Å². The van der Waals surface area contributed by atoms with Crippen LogP contribution in [0.3, 0.4) is 0 Å². The highest BCUT2D eigenvalue weighted by atomic mass is 32.2. The Labute approximate surface area is 106 Å². The Balaban J connectivity index is 2.53. The van der Waals surface area contributed by atoms with Gasteiger partial charge in [0.25, 0.3) is 0 Å². The molecule has 0 aliphatic heterocycles. The molecule has 0 nitrogen and oxygen atoms in total. The van der Waals surface area contributed by atoms with Crippen molar-refractivity contribution in [3.8, 4) is 11.1 Å².